The van der Waals surface area contributed by atoms with Crippen molar-refractivity contribution in [2.24, 2.45) is 0 Å². The van der Waals surface area contributed by atoms with Crippen molar-refractivity contribution in [3.8, 4) is 0 Å². The molecular weight excluding hydrogens is 326 g/mol. The minimum Gasteiger partial charge on any atom is -0.365 e. The number of H-pyrrole nitrogens is 1. The van der Waals surface area contributed by atoms with E-state index in [2.05, 4.69) is 34.5 Å². The molecule has 2 fully saturated rings. The number of amides is 1. The second kappa shape index (κ2) is 7.23. The lowest BCUT2D eigenvalue weighted by Gasteiger charge is -2.36. The molecule has 5 nitrogen and oxygen atoms in total. The highest BCUT2D eigenvalue weighted by Crippen LogP contribution is 2.33. The van der Waals surface area contributed by atoms with Crippen LogP contribution in [0.4, 0.5) is 0 Å². The van der Waals surface area contributed by atoms with E-state index in [1.165, 1.54) is 16.8 Å². The quantitative estimate of drug-likeness (QED) is 0.918. The maximum absolute atomic E-state index is 12.8. The molecule has 2 aliphatic heterocycles. The van der Waals surface area contributed by atoms with Crippen LogP contribution in [0, 0.1) is 0 Å². The molecule has 0 saturated carbocycles. The van der Waals surface area contributed by atoms with Crippen LogP contribution in [0.1, 0.15) is 55.3 Å². The number of hydrogen-bond acceptors (Lipinski definition) is 3. The number of aromatic amines is 1. The Labute approximate surface area is 154 Å². The fourth-order valence-electron chi connectivity index (χ4n) is 4.28. The first-order valence-corrected chi connectivity index (χ1v) is 9.65. The number of aromatic nitrogens is 2. The van der Waals surface area contributed by atoms with Gasteiger partial charge in [-0.3, -0.25) is 9.89 Å². The summed E-state index contributed by atoms with van der Waals surface area (Å²) in [6.07, 6.45) is 6.63. The highest BCUT2D eigenvalue weighted by molar-refractivity contribution is 5.85. The van der Waals surface area contributed by atoms with E-state index < -0.39 is 5.60 Å². The van der Waals surface area contributed by atoms with Crippen molar-refractivity contribution in [2.75, 3.05) is 19.7 Å². The van der Waals surface area contributed by atoms with Gasteiger partial charge in [0.25, 0.3) is 5.91 Å². The Morgan fingerprint density at radius 1 is 1.31 bits per heavy atom. The standard InChI is InChI=1S/C21H27N3O2/c1-21(10-5-13-26-21)20(25)24-11-8-17(9-12-24)19-18(15-22-23-19)14-16-6-3-2-4-7-16/h2-4,6-7,15,17H,5,8-14H2,1H3,(H,22,23)/t21-/m1/s1. The molecule has 1 N–H and O–H groups in total. The van der Waals surface area contributed by atoms with Crippen molar-refractivity contribution >= 4 is 5.91 Å². The number of benzene rings is 1. The molecule has 0 aliphatic carbocycles. The van der Waals surface area contributed by atoms with Crippen LogP contribution in [0.3, 0.4) is 0 Å². The summed E-state index contributed by atoms with van der Waals surface area (Å²) < 4.78 is 5.73. The largest absolute Gasteiger partial charge is 0.365 e. The Kier molecular flexibility index (Phi) is 4.81. The van der Waals surface area contributed by atoms with Crippen LogP contribution >= 0.6 is 0 Å². The molecule has 138 valence electrons. The van der Waals surface area contributed by atoms with E-state index in [1.807, 2.05) is 24.1 Å². The molecule has 0 spiro atoms. The molecule has 3 heterocycles. The average molecular weight is 353 g/mol. The first-order valence-electron chi connectivity index (χ1n) is 9.65. The lowest BCUT2D eigenvalue weighted by atomic mass is 9.89. The summed E-state index contributed by atoms with van der Waals surface area (Å²) in [5.41, 5.74) is 3.21. The Bertz CT molecular complexity index is 742. The highest BCUT2D eigenvalue weighted by atomic mass is 16.5. The van der Waals surface area contributed by atoms with Gasteiger partial charge in [0.1, 0.15) is 5.60 Å². The monoisotopic (exact) mass is 353 g/mol. The van der Waals surface area contributed by atoms with Gasteiger partial charge in [-0.2, -0.15) is 5.10 Å². The number of nitrogens with one attached hydrogen (secondary N) is 1. The summed E-state index contributed by atoms with van der Waals surface area (Å²) in [6.45, 7) is 4.25. The molecule has 0 radical (unpaired) electrons. The molecule has 1 aromatic carbocycles. The third-order valence-corrected chi connectivity index (χ3v) is 5.85. The molecule has 1 atom stereocenters. The maximum atomic E-state index is 12.8. The average Bonchev–Trinajstić information content (AvgIpc) is 3.32. The van der Waals surface area contributed by atoms with Crippen LogP contribution in [0.2, 0.25) is 0 Å². The van der Waals surface area contributed by atoms with Crippen LogP contribution in [0.5, 0.6) is 0 Å². The predicted molar refractivity (Wildman–Crippen MR) is 100.0 cm³/mol. The summed E-state index contributed by atoms with van der Waals surface area (Å²) in [6, 6.07) is 10.5. The summed E-state index contributed by atoms with van der Waals surface area (Å²) >= 11 is 0. The van der Waals surface area contributed by atoms with Gasteiger partial charge in [-0.05, 0) is 43.7 Å². The van der Waals surface area contributed by atoms with Crippen LogP contribution < -0.4 is 0 Å². The van der Waals surface area contributed by atoms with Crippen molar-refractivity contribution < 1.29 is 9.53 Å². The predicted octanol–water partition coefficient (Wildman–Crippen LogP) is 3.28. The molecule has 4 rings (SSSR count). The zero-order chi connectivity index (χ0) is 18.0. The van der Waals surface area contributed by atoms with Gasteiger partial charge in [0.05, 0.1) is 6.20 Å². The number of rotatable bonds is 4. The van der Waals surface area contributed by atoms with Gasteiger partial charge < -0.3 is 9.64 Å². The SMILES string of the molecule is C[C@]1(C(=O)N2CCC(c3[nH]ncc3Cc3ccccc3)CC2)CCCO1. The molecule has 0 bridgehead atoms. The van der Waals surface area contributed by atoms with Gasteiger partial charge >= 0.3 is 0 Å². The van der Waals surface area contributed by atoms with Crippen molar-refractivity contribution in [1.82, 2.24) is 15.1 Å². The number of nitrogens with zero attached hydrogens (tertiary/aromatic N) is 2. The topological polar surface area (TPSA) is 58.2 Å². The van der Waals surface area contributed by atoms with Crippen LogP contribution in [0.15, 0.2) is 36.5 Å². The lowest BCUT2D eigenvalue weighted by Crippen LogP contribution is -2.49. The number of likely N-dealkylation sites (tertiary alicyclic amines) is 1. The molecule has 26 heavy (non-hydrogen) atoms. The van der Waals surface area contributed by atoms with E-state index in [0.717, 1.165) is 45.2 Å². The first kappa shape index (κ1) is 17.3. The third-order valence-electron chi connectivity index (χ3n) is 5.85. The zero-order valence-electron chi connectivity index (χ0n) is 15.4. The van der Waals surface area contributed by atoms with Crippen LogP contribution in [-0.2, 0) is 16.0 Å². The number of hydrogen-bond donors (Lipinski definition) is 1. The van der Waals surface area contributed by atoms with E-state index in [9.17, 15) is 4.79 Å². The van der Waals surface area contributed by atoms with Crippen LogP contribution in [-0.4, -0.2) is 46.3 Å². The minimum absolute atomic E-state index is 0.169. The summed E-state index contributed by atoms with van der Waals surface area (Å²) in [7, 11) is 0. The Hall–Kier alpha value is -2.14. The molecule has 1 aromatic heterocycles. The number of carbonyl (C=O) groups excluding carboxylic acids is 1. The molecule has 1 amide bonds. The minimum atomic E-state index is -0.598. The molecule has 2 saturated heterocycles. The number of carbonyl (C=O) groups is 1. The van der Waals surface area contributed by atoms with E-state index in [4.69, 9.17) is 4.74 Å². The molecule has 5 heteroatoms. The second-order valence-corrected chi connectivity index (χ2v) is 7.72. The summed E-state index contributed by atoms with van der Waals surface area (Å²) in [5, 5.41) is 7.52. The highest BCUT2D eigenvalue weighted by Gasteiger charge is 2.41. The van der Waals surface area contributed by atoms with Gasteiger partial charge in [-0.1, -0.05) is 30.3 Å². The van der Waals surface area contributed by atoms with E-state index in [0.29, 0.717) is 12.5 Å². The Morgan fingerprint density at radius 2 is 2.08 bits per heavy atom. The van der Waals surface area contributed by atoms with Crippen molar-refractivity contribution in [1.29, 1.82) is 0 Å². The van der Waals surface area contributed by atoms with Gasteiger partial charge in [-0.25, -0.2) is 0 Å². The van der Waals surface area contributed by atoms with Crippen molar-refractivity contribution in [2.45, 2.75) is 50.5 Å². The summed E-state index contributed by atoms with van der Waals surface area (Å²) in [4.78, 5) is 14.8. The molecule has 2 aliphatic rings. The van der Waals surface area contributed by atoms with E-state index in [-0.39, 0.29) is 5.91 Å². The fraction of sp³-hybridized carbons (Fsp3) is 0.524. The second-order valence-electron chi connectivity index (χ2n) is 7.72. The summed E-state index contributed by atoms with van der Waals surface area (Å²) in [5.74, 6) is 0.611. The van der Waals surface area contributed by atoms with Gasteiger partial charge in [0, 0.05) is 37.7 Å². The van der Waals surface area contributed by atoms with E-state index >= 15 is 0 Å². The maximum Gasteiger partial charge on any atom is 0.254 e. The Balaban J connectivity index is 1.40. The van der Waals surface area contributed by atoms with E-state index in [1.54, 1.807) is 0 Å². The van der Waals surface area contributed by atoms with Crippen molar-refractivity contribution in [3.05, 3.63) is 53.3 Å². The number of piperidine rings is 1. The fourth-order valence-corrected chi connectivity index (χ4v) is 4.28. The lowest BCUT2D eigenvalue weighted by molar-refractivity contribution is -0.152. The first-order chi connectivity index (χ1) is 12.7. The number of ether oxygens (including phenoxy) is 1. The zero-order valence-corrected chi connectivity index (χ0v) is 15.4. The smallest absolute Gasteiger partial charge is 0.254 e. The molecular formula is C21H27N3O2. The van der Waals surface area contributed by atoms with Gasteiger partial charge in [-0.15, -0.1) is 0 Å². The van der Waals surface area contributed by atoms with Gasteiger partial charge in [0.15, 0.2) is 0 Å². The third kappa shape index (κ3) is 3.40. The van der Waals surface area contributed by atoms with Gasteiger partial charge in [0.2, 0.25) is 0 Å². The normalized spacial score (nSPS) is 24.1. The Morgan fingerprint density at radius 3 is 2.77 bits per heavy atom. The molecule has 0 unspecified atom stereocenters. The molecule has 2 aromatic rings. The van der Waals surface area contributed by atoms with Crippen molar-refractivity contribution in [3.63, 3.8) is 0 Å². The van der Waals surface area contributed by atoms with Crippen LogP contribution in [0.25, 0.3) is 0 Å².